The molecule has 0 N–H and O–H groups in total. The van der Waals surface area contributed by atoms with Crippen molar-refractivity contribution in [1.29, 1.82) is 0 Å². The van der Waals surface area contributed by atoms with Gasteiger partial charge in [-0.05, 0) is 29.7 Å². The molecule has 2 nitrogen and oxygen atoms in total. The van der Waals surface area contributed by atoms with Crippen LogP contribution in [-0.2, 0) is 0 Å². The number of thiophene rings is 1. The van der Waals surface area contributed by atoms with E-state index in [-0.39, 0.29) is 0 Å². The molecule has 0 radical (unpaired) electrons. The van der Waals surface area contributed by atoms with E-state index in [0.29, 0.717) is 0 Å². The van der Waals surface area contributed by atoms with Crippen LogP contribution in [0.1, 0.15) is 0 Å². The third-order valence-corrected chi connectivity index (χ3v) is 8.74. The van der Waals surface area contributed by atoms with Crippen molar-refractivity contribution in [3.8, 4) is 0 Å². The van der Waals surface area contributed by atoms with Gasteiger partial charge < -0.3 is 8.82 Å². The fraction of sp³-hybridized carbons (Fsp3) is 0. The second kappa shape index (κ2) is 6.21. The Morgan fingerprint density at radius 3 is 2.23 bits per heavy atom. The van der Waals surface area contributed by atoms with Crippen molar-refractivity contribution < 1.29 is 4.42 Å². The van der Waals surface area contributed by atoms with E-state index >= 15 is 0 Å². The lowest BCUT2D eigenvalue weighted by molar-refractivity contribution is 0.669. The Hall–Kier alpha value is -4.34. The van der Waals surface area contributed by atoms with Crippen LogP contribution >= 0.6 is 11.3 Å². The first-order chi connectivity index (χ1) is 17.3. The van der Waals surface area contributed by atoms with Gasteiger partial charge in [0.2, 0.25) is 0 Å². The van der Waals surface area contributed by atoms with E-state index in [1.165, 1.54) is 68.9 Å². The molecule has 0 aliphatic rings. The number of para-hydroxylation sites is 1. The number of nitrogens with zero attached hydrogens (tertiary/aromatic N) is 1. The highest BCUT2D eigenvalue weighted by Crippen LogP contribution is 2.44. The third-order valence-electron chi connectivity index (χ3n) is 7.55. The number of aromatic nitrogens is 1. The summed E-state index contributed by atoms with van der Waals surface area (Å²) < 4.78 is 11.4. The van der Waals surface area contributed by atoms with Crippen LogP contribution in [0, 0.1) is 0 Å². The van der Waals surface area contributed by atoms with E-state index in [9.17, 15) is 0 Å². The van der Waals surface area contributed by atoms with Crippen LogP contribution in [0.3, 0.4) is 0 Å². The summed E-state index contributed by atoms with van der Waals surface area (Å²) in [5, 5.41) is 11.3. The molecule has 0 saturated heterocycles. The molecule has 0 fully saturated rings. The molecule has 5 aromatic carbocycles. The van der Waals surface area contributed by atoms with Crippen LogP contribution in [0.25, 0.3) is 80.1 Å². The summed E-state index contributed by atoms with van der Waals surface area (Å²) in [5.41, 5.74) is 4.41. The molecule has 4 aromatic heterocycles. The third kappa shape index (κ3) is 2.20. The van der Waals surface area contributed by atoms with Gasteiger partial charge in [-0.15, -0.1) is 11.3 Å². The van der Waals surface area contributed by atoms with Crippen LogP contribution in [0.5, 0.6) is 0 Å². The molecule has 0 unspecified atom stereocenters. The predicted octanol–water partition coefficient (Wildman–Crippen LogP) is 9.67. The predicted molar refractivity (Wildman–Crippen MR) is 150 cm³/mol. The summed E-state index contributed by atoms with van der Waals surface area (Å²) in [7, 11) is 0. The van der Waals surface area contributed by atoms with Gasteiger partial charge in [0, 0.05) is 54.0 Å². The maximum Gasteiger partial charge on any atom is 0.136 e. The molecule has 162 valence electrons. The summed E-state index contributed by atoms with van der Waals surface area (Å²) in [5.74, 6) is 0. The molecule has 0 atom stereocenters. The Morgan fingerprint density at radius 2 is 1.29 bits per heavy atom. The Balaban J connectivity index is 1.63. The van der Waals surface area contributed by atoms with Crippen LogP contribution < -0.4 is 0 Å². The molecule has 9 aromatic rings. The van der Waals surface area contributed by atoms with Crippen molar-refractivity contribution in [1.82, 2.24) is 4.40 Å². The zero-order valence-corrected chi connectivity index (χ0v) is 19.4. The first kappa shape index (κ1) is 18.0. The van der Waals surface area contributed by atoms with Crippen LogP contribution in [-0.4, -0.2) is 4.40 Å². The Bertz CT molecular complexity index is 2330. The molecule has 0 spiro atoms. The van der Waals surface area contributed by atoms with Crippen molar-refractivity contribution in [3.05, 3.63) is 103 Å². The summed E-state index contributed by atoms with van der Waals surface area (Å²) >= 11 is 1.89. The average molecular weight is 464 g/mol. The highest BCUT2D eigenvalue weighted by atomic mass is 32.1. The monoisotopic (exact) mass is 463 g/mol. The van der Waals surface area contributed by atoms with E-state index in [1.807, 2.05) is 17.4 Å². The van der Waals surface area contributed by atoms with Gasteiger partial charge in [-0.25, -0.2) is 0 Å². The van der Waals surface area contributed by atoms with Crippen molar-refractivity contribution in [2.24, 2.45) is 0 Å². The van der Waals surface area contributed by atoms with Gasteiger partial charge in [0.1, 0.15) is 11.2 Å². The second-order valence-electron chi connectivity index (χ2n) is 9.36. The lowest BCUT2D eigenvalue weighted by Crippen LogP contribution is -1.90. The number of pyridine rings is 1. The number of furan rings is 1. The van der Waals surface area contributed by atoms with Gasteiger partial charge in [0.05, 0.1) is 15.7 Å². The fourth-order valence-corrected chi connectivity index (χ4v) is 7.28. The highest BCUT2D eigenvalue weighted by molar-refractivity contribution is 7.26. The topological polar surface area (TPSA) is 17.6 Å². The molecule has 4 heterocycles. The number of fused-ring (bicyclic) bond motifs is 15. The molecular formula is C32H17NOS. The average Bonchev–Trinajstić information content (AvgIpc) is 3.58. The maximum atomic E-state index is 6.31. The number of hydrogen-bond donors (Lipinski definition) is 0. The van der Waals surface area contributed by atoms with Crippen molar-refractivity contribution >= 4 is 91.4 Å². The first-order valence-electron chi connectivity index (χ1n) is 11.9. The minimum absolute atomic E-state index is 0.935. The van der Waals surface area contributed by atoms with Gasteiger partial charge in [0.15, 0.2) is 0 Å². The lowest BCUT2D eigenvalue weighted by atomic mass is 9.99. The molecule has 0 aliphatic heterocycles. The van der Waals surface area contributed by atoms with Gasteiger partial charge in [-0.3, -0.25) is 0 Å². The largest absolute Gasteiger partial charge is 0.456 e. The van der Waals surface area contributed by atoms with Crippen molar-refractivity contribution in [3.63, 3.8) is 0 Å². The zero-order chi connectivity index (χ0) is 22.7. The Morgan fingerprint density at radius 1 is 0.514 bits per heavy atom. The number of benzene rings is 5. The van der Waals surface area contributed by atoms with Crippen LogP contribution in [0.4, 0.5) is 0 Å². The smallest absolute Gasteiger partial charge is 0.136 e. The quantitative estimate of drug-likeness (QED) is 0.205. The van der Waals surface area contributed by atoms with Gasteiger partial charge >= 0.3 is 0 Å². The molecule has 3 heteroatoms. The normalized spacial score (nSPS) is 12.6. The molecule has 0 saturated carbocycles. The van der Waals surface area contributed by atoms with E-state index in [1.54, 1.807) is 0 Å². The Kier molecular flexibility index (Phi) is 3.20. The van der Waals surface area contributed by atoms with Crippen molar-refractivity contribution in [2.45, 2.75) is 0 Å². The standard InChI is InChI=1S/C32H17NOS/c1-2-8-19-18(7-1)17-33-30(19)26-16-28-25(20-9-3-5-11-27(20)34-28)15-24(26)22-13-14-23-21-10-4-6-12-29(21)35-32(23)31(22)33/h1-17H. The summed E-state index contributed by atoms with van der Waals surface area (Å²) in [6.45, 7) is 0. The molecular weight excluding hydrogens is 446 g/mol. The van der Waals surface area contributed by atoms with Gasteiger partial charge in [-0.2, -0.15) is 0 Å². The highest BCUT2D eigenvalue weighted by Gasteiger charge is 2.18. The van der Waals surface area contributed by atoms with Crippen LogP contribution in [0.15, 0.2) is 108 Å². The van der Waals surface area contributed by atoms with E-state index < -0.39 is 0 Å². The molecule has 0 amide bonds. The SMILES string of the molecule is c1ccc2c(c1)cn1c2c2cc3oc4ccccc4c3cc2c2ccc3c4ccccc4sc3c21. The molecule has 0 aliphatic carbocycles. The van der Waals surface area contributed by atoms with Crippen molar-refractivity contribution in [2.75, 3.05) is 0 Å². The maximum absolute atomic E-state index is 6.31. The first-order valence-corrected chi connectivity index (χ1v) is 12.7. The van der Waals surface area contributed by atoms with Crippen LogP contribution in [0.2, 0.25) is 0 Å². The van der Waals surface area contributed by atoms with E-state index in [0.717, 1.165) is 11.2 Å². The summed E-state index contributed by atoms with van der Waals surface area (Å²) in [4.78, 5) is 0. The lowest BCUT2D eigenvalue weighted by Gasteiger charge is -2.11. The summed E-state index contributed by atoms with van der Waals surface area (Å²) in [6.07, 6.45) is 2.30. The molecule has 35 heavy (non-hydrogen) atoms. The van der Waals surface area contributed by atoms with E-state index in [4.69, 9.17) is 4.42 Å². The number of rotatable bonds is 0. The van der Waals surface area contributed by atoms with E-state index in [2.05, 4.69) is 102 Å². The Labute approximate surface area is 203 Å². The minimum Gasteiger partial charge on any atom is -0.456 e. The van der Waals surface area contributed by atoms with Gasteiger partial charge in [0.25, 0.3) is 0 Å². The molecule has 9 rings (SSSR count). The zero-order valence-electron chi connectivity index (χ0n) is 18.6. The summed E-state index contributed by atoms with van der Waals surface area (Å²) in [6, 6.07) is 35.0. The number of hydrogen-bond acceptors (Lipinski definition) is 2. The molecule has 0 bridgehead atoms. The second-order valence-corrected chi connectivity index (χ2v) is 10.4. The minimum atomic E-state index is 0.935. The fourth-order valence-electron chi connectivity index (χ4n) is 6.03. The van der Waals surface area contributed by atoms with Gasteiger partial charge in [-0.1, -0.05) is 72.8 Å².